The predicted molar refractivity (Wildman–Crippen MR) is 264 cm³/mol. The van der Waals surface area contributed by atoms with Crippen LogP contribution in [0.15, 0.2) is 60.7 Å². The molecule has 354 valence electrons. The molecule has 0 N–H and O–H groups in total. The Hall–Kier alpha value is -1.67. The molecule has 3 aliphatic rings. The van der Waals surface area contributed by atoms with E-state index in [0.29, 0.717) is 39.3 Å². The van der Waals surface area contributed by atoms with Crippen molar-refractivity contribution in [2.45, 2.75) is 230 Å². The largest absolute Gasteiger partial charge is 0.411 e. The van der Waals surface area contributed by atoms with Gasteiger partial charge in [0, 0.05) is 29.3 Å². The van der Waals surface area contributed by atoms with Crippen molar-refractivity contribution in [3.8, 4) is 11.8 Å². The van der Waals surface area contributed by atoms with E-state index in [1.165, 1.54) is 0 Å². The van der Waals surface area contributed by atoms with Gasteiger partial charge in [0.15, 0.2) is 16.6 Å². The zero-order chi connectivity index (χ0) is 45.9. The molecule has 0 aliphatic carbocycles. The lowest BCUT2D eigenvalue weighted by molar-refractivity contribution is -0.194. The highest BCUT2D eigenvalue weighted by atomic mass is 28.4. The molecule has 2 aromatic carbocycles. The van der Waals surface area contributed by atoms with Gasteiger partial charge in [-0.05, 0) is 67.2 Å². The Morgan fingerprint density at radius 3 is 1.67 bits per heavy atom. The maximum atomic E-state index is 7.36. The minimum atomic E-state index is -2.67. The van der Waals surface area contributed by atoms with Crippen LogP contribution in [0.25, 0.3) is 0 Å². The van der Waals surface area contributed by atoms with E-state index in [9.17, 15) is 0 Å². The number of fused-ring (bicyclic) bond motifs is 1. The quantitative estimate of drug-likeness (QED) is 0.102. The van der Waals surface area contributed by atoms with Crippen molar-refractivity contribution in [1.82, 2.24) is 0 Å². The van der Waals surface area contributed by atoms with Crippen molar-refractivity contribution in [2.24, 2.45) is 0 Å². The van der Waals surface area contributed by atoms with Crippen LogP contribution in [0.3, 0.4) is 0 Å². The fourth-order valence-corrected chi connectivity index (χ4v) is 21.2. The smallest absolute Gasteiger partial charge is 0.349 e. The average Bonchev–Trinajstić information content (AvgIpc) is 3.40. The summed E-state index contributed by atoms with van der Waals surface area (Å²) in [5, 5.41) is -0.200. The molecule has 0 amide bonds. The molecule has 3 fully saturated rings. The molecule has 0 spiro atoms. The Morgan fingerprint density at radius 1 is 0.667 bits per heavy atom. The molecule has 0 aromatic heterocycles. The fraction of sp³-hybridized carbons (Fsp3) is 0.731. The zero-order valence-corrected chi connectivity index (χ0v) is 44.7. The molecule has 8 nitrogen and oxygen atoms in total. The summed E-state index contributed by atoms with van der Waals surface area (Å²) in [4.78, 5) is 0. The third-order valence-corrected chi connectivity index (χ3v) is 29.4. The Labute approximate surface area is 387 Å². The summed E-state index contributed by atoms with van der Waals surface area (Å²) in [7, 11) is -6.65. The molecule has 0 radical (unpaired) electrons. The van der Waals surface area contributed by atoms with E-state index in [2.05, 4.69) is 150 Å². The number of hydrogen-bond acceptors (Lipinski definition) is 8. The van der Waals surface area contributed by atoms with E-state index in [-0.39, 0.29) is 52.8 Å². The molecule has 11 heteroatoms. The number of benzene rings is 2. The van der Waals surface area contributed by atoms with Gasteiger partial charge in [-0.1, -0.05) is 144 Å². The summed E-state index contributed by atoms with van der Waals surface area (Å²) in [5.41, 5.74) is 1.68. The molecule has 3 heterocycles. The van der Waals surface area contributed by atoms with E-state index in [4.69, 9.17) is 36.7 Å². The highest BCUT2D eigenvalue weighted by Crippen LogP contribution is 2.55. The predicted octanol–water partition coefficient (Wildman–Crippen LogP) is 12.9. The minimum Gasteiger partial charge on any atom is -0.411 e. The van der Waals surface area contributed by atoms with Crippen LogP contribution in [0.5, 0.6) is 0 Å². The molecular formula is C52H86O8Si3. The third kappa shape index (κ3) is 12.9. The normalized spacial score (nSPS) is 28.1. The van der Waals surface area contributed by atoms with Gasteiger partial charge in [-0.2, -0.15) is 0 Å². The van der Waals surface area contributed by atoms with Crippen molar-refractivity contribution in [2.75, 3.05) is 13.2 Å². The average molecular weight is 924 g/mol. The van der Waals surface area contributed by atoms with Crippen molar-refractivity contribution in [1.29, 1.82) is 0 Å². The van der Waals surface area contributed by atoms with Crippen LogP contribution in [0.1, 0.15) is 133 Å². The Kier molecular flexibility index (Phi) is 19.0. The summed E-state index contributed by atoms with van der Waals surface area (Å²) < 4.78 is 56.5. The molecular weight excluding hydrogens is 837 g/mol. The van der Waals surface area contributed by atoms with E-state index in [1.54, 1.807) is 0 Å². The number of rotatable bonds is 19. The Balaban J connectivity index is 1.41. The van der Waals surface area contributed by atoms with E-state index < -0.39 is 30.8 Å². The molecule has 5 rings (SSSR count). The van der Waals surface area contributed by atoms with Crippen LogP contribution >= 0.6 is 0 Å². The Morgan fingerprint density at radius 2 is 1.16 bits per heavy atom. The van der Waals surface area contributed by atoms with Crippen molar-refractivity contribution in [3.63, 3.8) is 0 Å². The first-order chi connectivity index (χ1) is 29.9. The zero-order valence-electron chi connectivity index (χ0n) is 41.7. The highest BCUT2D eigenvalue weighted by Gasteiger charge is 2.63. The summed E-state index contributed by atoms with van der Waals surface area (Å²) in [6, 6.07) is 27.2. The van der Waals surface area contributed by atoms with E-state index in [1.807, 2.05) is 12.1 Å². The van der Waals surface area contributed by atoms with Gasteiger partial charge in [-0.3, -0.25) is 0 Å². The molecule has 8 atom stereocenters. The fourth-order valence-electron chi connectivity index (χ4n) is 10.4. The van der Waals surface area contributed by atoms with Gasteiger partial charge in [0.2, 0.25) is 0 Å². The first-order valence-corrected chi connectivity index (χ1v) is 31.6. The van der Waals surface area contributed by atoms with Crippen molar-refractivity contribution in [3.05, 3.63) is 71.8 Å². The van der Waals surface area contributed by atoms with Crippen LogP contribution in [0.4, 0.5) is 0 Å². The van der Waals surface area contributed by atoms with Crippen LogP contribution < -0.4 is 0 Å². The van der Waals surface area contributed by atoms with E-state index >= 15 is 0 Å². The third-order valence-electron chi connectivity index (χ3n) is 14.9. The van der Waals surface area contributed by atoms with Crippen molar-refractivity contribution < 1.29 is 36.7 Å². The van der Waals surface area contributed by atoms with Crippen LogP contribution in [-0.2, 0) is 49.9 Å². The second kappa shape index (κ2) is 22.9. The van der Waals surface area contributed by atoms with E-state index in [0.717, 1.165) is 66.7 Å². The monoisotopic (exact) mass is 923 g/mol. The Bertz CT molecular complexity index is 1680. The summed E-state index contributed by atoms with van der Waals surface area (Å²) in [5.74, 6) is 7.26. The highest BCUT2D eigenvalue weighted by molar-refractivity contribution is 6.74. The van der Waals surface area contributed by atoms with Gasteiger partial charge in [0.05, 0.1) is 62.5 Å². The first kappa shape index (κ1) is 52.3. The van der Waals surface area contributed by atoms with Gasteiger partial charge in [-0.25, -0.2) is 0 Å². The number of ether oxygens (including phenoxy) is 4. The number of hydrogen-bond donors (Lipinski definition) is 0. The van der Waals surface area contributed by atoms with Gasteiger partial charge < -0.3 is 36.7 Å². The topological polar surface area (TPSA) is 73.8 Å². The maximum Gasteiger partial charge on any atom is 0.349 e. The molecule has 3 aliphatic heterocycles. The van der Waals surface area contributed by atoms with Gasteiger partial charge in [-0.15, -0.1) is 11.8 Å². The maximum absolute atomic E-state index is 7.36. The summed E-state index contributed by atoms with van der Waals surface area (Å²) in [6.07, 6.45) is 2.45. The lowest BCUT2D eigenvalue weighted by Crippen LogP contribution is -2.67. The standard InChI is InChI=1S/C52H86O8Si3/c1-14-61(15-2,16-3)58-45-34-35-52(13,54-38-42-30-24-21-25-31-42)49(40-53-37-41-28-22-20-23-29-41)57-43(45)32-26-27-33-44-46(59-62(17-4,18-5)19-6)36-47-48(56-44)39-55-63(60-47,50(7,8)9)51(10,11)12/h20-25,28-31,43-49H,14-19,32-40H2,1-13H3/t43-,44+,45+,46-,47+,48-,49+,52-/m1/s1. The summed E-state index contributed by atoms with van der Waals surface area (Å²) in [6.45, 7) is 31.7. The minimum absolute atomic E-state index is 0.0627. The molecule has 2 aromatic rings. The van der Waals surface area contributed by atoms with Crippen LogP contribution in [0.2, 0.25) is 46.3 Å². The molecule has 0 saturated carbocycles. The first-order valence-electron chi connectivity index (χ1n) is 24.7. The lowest BCUT2D eigenvalue weighted by atomic mass is 9.92. The lowest BCUT2D eigenvalue weighted by Gasteiger charge is -2.57. The van der Waals surface area contributed by atoms with Crippen LogP contribution in [-0.4, -0.2) is 86.7 Å². The second-order valence-electron chi connectivity index (χ2n) is 20.9. The molecule has 0 unspecified atom stereocenters. The van der Waals surface area contributed by atoms with Gasteiger partial charge in [0.1, 0.15) is 12.2 Å². The second-order valence-corrected chi connectivity index (χ2v) is 35.1. The van der Waals surface area contributed by atoms with Gasteiger partial charge >= 0.3 is 8.56 Å². The van der Waals surface area contributed by atoms with Crippen molar-refractivity contribution >= 4 is 25.2 Å². The molecule has 3 saturated heterocycles. The SMILES string of the molecule is CC[Si](CC)(CC)O[C@H]1CC[C@@](C)(OCc2ccccc2)[C@H](COCc2ccccc2)O[C@@H]1CC#CC[C@@H]1O[C@@H]2CO[Si](C(C)(C)C)(C(C)(C)C)O[C@H]2C[C@H]1O[Si](CC)(CC)CC. The summed E-state index contributed by atoms with van der Waals surface area (Å²) >= 11 is 0. The molecule has 63 heavy (non-hydrogen) atoms. The van der Waals surface area contributed by atoms with Gasteiger partial charge in [0.25, 0.3) is 0 Å². The molecule has 0 bridgehead atoms. The van der Waals surface area contributed by atoms with Crippen LogP contribution in [0, 0.1) is 11.8 Å².